The molecule has 0 aliphatic rings. The largest absolute Gasteiger partial charge is 0.383 e. The van der Waals surface area contributed by atoms with Crippen molar-refractivity contribution in [2.45, 2.75) is 13.8 Å². The summed E-state index contributed by atoms with van der Waals surface area (Å²) in [4.78, 5) is 11.2. The first-order chi connectivity index (χ1) is 7.59. The molecule has 2 N–H and O–H groups in total. The highest BCUT2D eigenvalue weighted by Gasteiger charge is 2.12. The number of rotatable bonds is 2. The SMILES string of the molecule is CC(=O)c1cnn(-c2cccc(C)c2)c1N. The minimum absolute atomic E-state index is 0.0728. The molecule has 0 aliphatic heterocycles. The molecule has 0 aliphatic carbocycles. The summed E-state index contributed by atoms with van der Waals surface area (Å²) in [6.07, 6.45) is 1.50. The first kappa shape index (κ1) is 10.4. The number of hydrogen-bond acceptors (Lipinski definition) is 3. The molecule has 0 atom stereocenters. The molecule has 2 rings (SSSR count). The van der Waals surface area contributed by atoms with Crippen LogP contribution in [0.15, 0.2) is 30.5 Å². The number of aryl methyl sites for hydroxylation is 1. The fourth-order valence-electron chi connectivity index (χ4n) is 1.59. The minimum atomic E-state index is -0.0728. The van der Waals surface area contributed by atoms with Gasteiger partial charge in [-0.15, -0.1) is 0 Å². The topological polar surface area (TPSA) is 60.9 Å². The summed E-state index contributed by atoms with van der Waals surface area (Å²) in [7, 11) is 0. The third-order valence-electron chi connectivity index (χ3n) is 2.43. The second kappa shape index (κ2) is 3.81. The third-order valence-corrected chi connectivity index (χ3v) is 2.43. The van der Waals surface area contributed by atoms with Gasteiger partial charge in [-0.05, 0) is 31.5 Å². The Morgan fingerprint density at radius 1 is 1.44 bits per heavy atom. The molecule has 0 bridgehead atoms. The van der Waals surface area contributed by atoms with Gasteiger partial charge in [0.15, 0.2) is 5.78 Å². The van der Waals surface area contributed by atoms with Crippen molar-refractivity contribution in [1.82, 2.24) is 9.78 Å². The van der Waals surface area contributed by atoms with Crippen LogP contribution in [0.3, 0.4) is 0 Å². The zero-order valence-corrected chi connectivity index (χ0v) is 9.27. The Balaban J connectivity index is 2.53. The molecule has 1 heterocycles. The molecule has 16 heavy (non-hydrogen) atoms. The molecular weight excluding hydrogens is 202 g/mol. The van der Waals surface area contributed by atoms with Gasteiger partial charge >= 0.3 is 0 Å². The third kappa shape index (κ3) is 1.69. The van der Waals surface area contributed by atoms with Crippen molar-refractivity contribution < 1.29 is 4.79 Å². The summed E-state index contributed by atoms with van der Waals surface area (Å²) in [5, 5.41) is 4.12. The highest BCUT2D eigenvalue weighted by Crippen LogP contribution is 2.18. The predicted octanol–water partition coefficient (Wildman–Crippen LogP) is 1.97. The maximum absolute atomic E-state index is 11.2. The van der Waals surface area contributed by atoms with Crippen LogP contribution in [0.2, 0.25) is 0 Å². The van der Waals surface area contributed by atoms with Crippen molar-refractivity contribution in [3.05, 3.63) is 41.6 Å². The van der Waals surface area contributed by atoms with E-state index in [4.69, 9.17) is 5.73 Å². The van der Waals surface area contributed by atoms with Gasteiger partial charge in [0, 0.05) is 0 Å². The molecule has 4 nitrogen and oxygen atoms in total. The van der Waals surface area contributed by atoms with Gasteiger partial charge in [0.05, 0.1) is 17.4 Å². The van der Waals surface area contributed by atoms with Crippen LogP contribution in [0.1, 0.15) is 22.8 Å². The number of nitrogens with two attached hydrogens (primary N) is 1. The lowest BCUT2D eigenvalue weighted by atomic mass is 10.2. The van der Waals surface area contributed by atoms with E-state index in [1.807, 2.05) is 31.2 Å². The molecule has 0 saturated carbocycles. The highest BCUT2D eigenvalue weighted by atomic mass is 16.1. The van der Waals surface area contributed by atoms with Gasteiger partial charge in [-0.2, -0.15) is 5.10 Å². The molecule has 0 fully saturated rings. The van der Waals surface area contributed by atoms with Gasteiger partial charge < -0.3 is 5.73 Å². The van der Waals surface area contributed by atoms with E-state index < -0.39 is 0 Å². The summed E-state index contributed by atoms with van der Waals surface area (Å²) in [6.45, 7) is 3.48. The molecule has 0 spiro atoms. The lowest BCUT2D eigenvalue weighted by Crippen LogP contribution is -2.04. The van der Waals surface area contributed by atoms with E-state index in [-0.39, 0.29) is 5.78 Å². The number of nitrogens with zero attached hydrogens (tertiary/aromatic N) is 2. The number of hydrogen-bond donors (Lipinski definition) is 1. The Kier molecular flexibility index (Phi) is 2.48. The Hall–Kier alpha value is -2.10. The predicted molar refractivity (Wildman–Crippen MR) is 62.7 cm³/mol. The van der Waals surface area contributed by atoms with Gasteiger partial charge in [0.25, 0.3) is 0 Å². The van der Waals surface area contributed by atoms with Crippen LogP contribution in [0.4, 0.5) is 5.82 Å². The van der Waals surface area contributed by atoms with Crippen molar-refractivity contribution >= 4 is 11.6 Å². The lowest BCUT2D eigenvalue weighted by molar-refractivity contribution is 0.101. The van der Waals surface area contributed by atoms with Gasteiger partial charge in [0.1, 0.15) is 5.82 Å². The standard InChI is InChI=1S/C12H13N3O/c1-8-4-3-5-10(6-8)15-12(13)11(7-14-15)9(2)16/h3-7H,13H2,1-2H3. The van der Waals surface area contributed by atoms with E-state index in [0.29, 0.717) is 11.4 Å². The van der Waals surface area contributed by atoms with E-state index in [2.05, 4.69) is 5.10 Å². The summed E-state index contributed by atoms with van der Waals surface area (Å²) in [5.74, 6) is 0.314. The number of Topliss-reactive ketones (excluding diaryl/α,β-unsaturated/α-hetero) is 1. The fraction of sp³-hybridized carbons (Fsp3) is 0.167. The van der Waals surface area contributed by atoms with E-state index in [0.717, 1.165) is 11.3 Å². The van der Waals surface area contributed by atoms with Crippen LogP contribution in [0, 0.1) is 6.92 Å². The maximum atomic E-state index is 11.2. The number of aromatic nitrogens is 2. The Labute approximate surface area is 93.7 Å². The number of benzene rings is 1. The summed E-state index contributed by atoms with van der Waals surface area (Å²) >= 11 is 0. The highest BCUT2D eigenvalue weighted by molar-refractivity contribution is 5.98. The monoisotopic (exact) mass is 215 g/mol. The van der Waals surface area contributed by atoms with Gasteiger partial charge in [-0.3, -0.25) is 4.79 Å². The Bertz CT molecular complexity index is 543. The molecule has 0 amide bonds. The molecule has 1 aromatic carbocycles. The fourth-order valence-corrected chi connectivity index (χ4v) is 1.59. The summed E-state index contributed by atoms with van der Waals surface area (Å²) in [6, 6.07) is 7.79. The lowest BCUT2D eigenvalue weighted by Gasteiger charge is -2.05. The maximum Gasteiger partial charge on any atom is 0.165 e. The van der Waals surface area contributed by atoms with Gasteiger partial charge in [-0.1, -0.05) is 12.1 Å². The quantitative estimate of drug-likeness (QED) is 0.779. The van der Waals surface area contributed by atoms with Crippen LogP contribution in [-0.2, 0) is 0 Å². The summed E-state index contributed by atoms with van der Waals surface area (Å²) in [5.41, 5.74) is 8.31. The molecule has 82 valence electrons. The number of anilines is 1. The molecule has 0 radical (unpaired) electrons. The summed E-state index contributed by atoms with van der Waals surface area (Å²) < 4.78 is 1.57. The van der Waals surface area contributed by atoms with Crippen LogP contribution >= 0.6 is 0 Å². The zero-order valence-electron chi connectivity index (χ0n) is 9.27. The Morgan fingerprint density at radius 3 is 2.75 bits per heavy atom. The Morgan fingerprint density at radius 2 is 2.19 bits per heavy atom. The molecule has 4 heteroatoms. The van der Waals surface area contributed by atoms with Crippen molar-refractivity contribution in [3.63, 3.8) is 0 Å². The van der Waals surface area contributed by atoms with Crippen LogP contribution in [-0.4, -0.2) is 15.6 Å². The van der Waals surface area contributed by atoms with Crippen LogP contribution in [0.25, 0.3) is 5.69 Å². The first-order valence-electron chi connectivity index (χ1n) is 5.01. The molecule has 0 saturated heterocycles. The van der Waals surface area contributed by atoms with Crippen molar-refractivity contribution in [2.24, 2.45) is 0 Å². The number of carbonyl (C=O) groups excluding carboxylic acids is 1. The van der Waals surface area contributed by atoms with Gasteiger partial charge in [0.2, 0.25) is 0 Å². The number of carbonyl (C=O) groups is 1. The van der Waals surface area contributed by atoms with Crippen LogP contribution in [0.5, 0.6) is 0 Å². The zero-order chi connectivity index (χ0) is 11.7. The second-order valence-corrected chi connectivity index (χ2v) is 3.75. The van der Waals surface area contributed by atoms with Crippen molar-refractivity contribution in [1.29, 1.82) is 0 Å². The minimum Gasteiger partial charge on any atom is -0.383 e. The normalized spacial score (nSPS) is 10.4. The first-order valence-corrected chi connectivity index (χ1v) is 5.01. The van der Waals surface area contributed by atoms with Crippen LogP contribution < -0.4 is 5.73 Å². The molecular formula is C12H13N3O. The molecule has 0 unspecified atom stereocenters. The smallest absolute Gasteiger partial charge is 0.165 e. The van der Waals surface area contributed by atoms with E-state index in [1.54, 1.807) is 4.68 Å². The average Bonchev–Trinajstić information content (AvgIpc) is 2.60. The molecule has 2 aromatic rings. The van der Waals surface area contributed by atoms with E-state index in [1.165, 1.54) is 13.1 Å². The van der Waals surface area contributed by atoms with Crippen molar-refractivity contribution in [2.75, 3.05) is 5.73 Å². The number of nitrogen functional groups attached to an aromatic ring is 1. The van der Waals surface area contributed by atoms with E-state index in [9.17, 15) is 4.79 Å². The van der Waals surface area contributed by atoms with Crippen molar-refractivity contribution in [3.8, 4) is 5.69 Å². The van der Waals surface area contributed by atoms with Gasteiger partial charge in [-0.25, -0.2) is 4.68 Å². The molecule has 1 aromatic heterocycles. The van der Waals surface area contributed by atoms with E-state index >= 15 is 0 Å². The average molecular weight is 215 g/mol. The second-order valence-electron chi connectivity index (χ2n) is 3.75. The number of ketones is 1.